The molecule has 3 heterocycles. The van der Waals surface area contributed by atoms with Crippen molar-refractivity contribution in [1.29, 1.82) is 0 Å². The molecular weight excluding hydrogens is 278 g/mol. The van der Waals surface area contributed by atoms with Gasteiger partial charge in [-0.15, -0.1) is 0 Å². The molecule has 3 atom stereocenters. The summed E-state index contributed by atoms with van der Waals surface area (Å²) >= 11 is 0. The summed E-state index contributed by atoms with van der Waals surface area (Å²) < 4.78 is 5.34. The quantitative estimate of drug-likeness (QED) is 0.914. The molecule has 0 radical (unpaired) electrons. The highest BCUT2D eigenvalue weighted by molar-refractivity contribution is 5.82. The number of nitrogens with zero attached hydrogens (tertiary/aromatic N) is 2. The standard InChI is InChI=1S/C17H23N3O2/c1-22-14-5-6-16-15(9-14)17(19-18-16)10-20-11-3-2-4-12(20)8-13(21)7-11/h5-6,9,11-13,21H,2-4,7-8,10H2,1H3,(H,18,19)/t11-,12+,13?. The summed E-state index contributed by atoms with van der Waals surface area (Å²) in [6.07, 6.45) is 5.38. The molecule has 0 saturated carbocycles. The van der Waals surface area contributed by atoms with Gasteiger partial charge in [0.1, 0.15) is 5.75 Å². The van der Waals surface area contributed by atoms with E-state index in [-0.39, 0.29) is 6.10 Å². The molecule has 0 amide bonds. The molecular formula is C17H23N3O2. The minimum absolute atomic E-state index is 0.120. The van der Waals surface area contributed by atoms with Crippen molar-refractivity contribution in [2.45, 2.75) is 56.8 Å². The first kappa shape index (κ1) is 14.0. The number of aliphatic hydroxyl groups excluding tert-OH is 1. The smallest absolute Gasteiger partial charge is 0.119 e. The van der Waals surface area contributed by atoms with E-state index < -0.39 is 0 Å². The number of methoxy groups -OCH3 is 1. The first-order valence-corrected chi connectivity index (χ1v) is 8.19. The number of fused-ring (bicyclic) bond motifs is 3. The number of rotatable bonds is 3. The number of aliphatic hydroxyl groups is 1. The molecule has 2 fully saturated rings. The highest BCUT2D eigenvalue weighted by Gasteiger charge is 2.37. The third kappa shape index (κ3) is 2.38. The summed E-state index contributed by atoms with van der Waals surface area (Å²) in [6, 6.07) is 7.01. The Balaban J connectivity index is 1.63. The summed E-state index contributed by atoms with van der Waals surface area (Å²) in [5.74, 6) is 0.865. The Morgan fingerprint density at radius 1 is 1.32 bits per heavy atom. The van der Waals surface area contributed by atoms with E-state index in [4.69, 9.17) is 4.74 Å². The van der Waals surface area contributed by atoms with Crippen LogP contribution in [0.15, 0.2) is 18.2 Å². The lowest BCUT2D eigenvalue weighted by molar-refractivity contribution is -0.0316. The molecule has 2 saturated heterocycles. The van der Waals surface area contributed by atoms with Gasteiger partial charge in [0.2, 0.25) is 0 Å². The molecule has 1 aromatic heterocycles. The predicted molar refractivity (Wildman–Crippen MR) is 84.9 cm³/mol. The van der Waals surface area contributed by atoms with Crippen molar-refractivity contribution in [1.82, 2.24) is 15.1 Å². The minimum atomic E-state index is -0.120. The van der Waals surface area contributed by atoms with E-state index in [0.29, 0.717) is 12.1 Å². The molecule has 2 aliphatic heterocycles. The fraction of sp³-hybridized carbons (Fsp3) is 0.588. The van der Waals surface area contributed by atoms with Crippen molar-refractivity contribution in [2.24, 2.45) is 0 Å². The van der Waals surface area contributed by atoms with Crippen molar-refractivity contribution >= 4 is 10.9 Å². The molecule has 5 nitrogen and oxygen atoms in total. The molecule has 0 spiro atoms. The topological polar surface area (TPSA) is 61.4 Å². The van der Waals surface area contributed by atoms with Gasteiger partial charge in [-0.3, -0.25) is 10.00 Å². The Hall–Kier alpha value is -1.59. The lowest BCUT2D eigenvalue weighted by atomic mass is 9.83. The normalized spacial score (nSPS) is 28.9. The van der Waals surface area contributed by atoms with Crippen LogP contribution in [0.5, 0.6) is 5.75 Å². The fourth-order valence-corrected chi connectivity index (χ4v) is 4.18. The summed E-state index contributed by atoms with van der Waals surface area (Å²) in [6.45, 7) is 0.881. The van der Waals surface area contributed by atoms with Crippen molar-refractivity contribution in [3.05, 3.63) is 23.9 Å². The second-order valence-corrected chi connectivity index (χ2v) is 6.62. The van der Waals surface area contributed by atoms with Crippen molar-refractivity contribution in [2.75, 3.05) is 7.11 Å². The van der Waals surface area contributed by atoms with Crippen LogP contribution >= 0.6 is 0 Å². The van der Waals surface area contributed by atoms with Gasteiger partial charge < -0.3 is 9.84 Å². The summed E-state index contributed by atoms with van der Waals surface area (Å²) in [7, 11) is 1.69. The predicted octanol–water partition coefficient (Wildman–Crippen LogP) is 2.45. The number of hydrogen-bond donors (Lipinski definition) is 2. The van der Waals surface area contributed by atoms with E-state index in [9.17, 15) is 5.11 Å². The zero-order chi connectivity index (χ0) is 15.1. The Morgan fingerprint density at radius 3 is 2.82 bits per heavy atom. The number of ether oxygens (including phenoxy) is 1. The zero-order valence-corrected chi connectivity index (χ0v) is 13.0. The van der Waals surface area contributed by atoms with Gasteiger partial charge in [0.25, 0.3) is 0 Å². The highest BCUT2D eigenvalue weighted by Crippen LogP contribution is 2.36. The van der Waals surface area contributed by atoms with Crippen LogP contribution < -0.4 is 4.74 Å². The van der Waals surface area contributed by atoms with Crippen LogP contribution in [0.2, 0.25) is 0 Å². The molecule has 4 rings (SSSR count). The average molecular weight is 301 g/mol. The zero-order valence-electron chi connectivity index (χ0n) is 13.0. The van der Waals surface area contributed by atoms with Crippen LogP contribution in [0.25, 0.3) is 10.9 Å². The summed E-state index contributed by atoms with van der Waals surface area (Å²) in [5, 5.41) is 18.8. The molecule has 1 unspecified atom stereocenters. The van der Waals surface area contributed by atoms with E-state index in [2.05, 4.69) is 21.2 Å². The number of aromatic amines is 1. The minimum Gasteiger partial charge on any atom is -0.497 e. The van der Waals surface area contributed by atoms with Gasteiger partial charge in [-0.1, -0.05) is 6.42 Å². The SMILES string of the molecule is COc1ccc2n[nH]c(CN3[C@@H]4CCC[C@H]3CC(O)C4)c2c1. The van der Waals surface area contributed by atoms with E-state index in [0.717, 1.165) is 41.7 Å². The fourth-order valence-electron chi connectivity index (χ4n) is 4.18. The number of aromatic nitrogens is 2. The number of nitrogens with one attached hydrogen (secondary N) is 1. The molecule has 0 aliphatic carbocycles. The Kier molecular flexibility index (Phi) is 3.54. The molecule has 2 aromatic rings. The number of hydrogen-bond acceptors (Lipinski definition) is 4. The van der Waals surface area contributed by atoms with E-state index in [1.165, 1.54) is 19.3 Å². The maximum atomic E-state index is 10.0. The maximum absolute atomic E-state index is 10.0. The largest absolute Gasteiger partial charge is 0.497 e. The van der Waals surface area contributed by atoms with E-state index in [1.807, 2.05) is 12.1 Å². The molecule has 1 aromatic carbocycles. The van der Waals surface area contributed by atoms with Gasteiger partial charge in [-0.2, -0.15) is 5.10 Å². The maximum Gasteiger partial charge on any atom is 0.119 e. The van der Waals surface area contributed by atoms with Gasteiger partial charge in [0.15, 0.2) is 0 Å². The van der Waals surface area contributed by atoms with Crippen LogP contribution in [0.4, 0.5) is 0 Å². The van der Waals surface area contributed by atoms with Gasteiger partial charge in [0, 0.05) is 24.0 Å². The van der Waals surface area contributed by atoms with Crippen molar-refractivity contribution in [3.63, 3.8) is 0 Å². The van der Waals surface area contributed by atoms with Gasteiger partial charge in [0.05, 0.1) is 24.4 Å². The van der Waals surface area contributed by atoms with Crippen LogP contribution in [0, 0.1) is 0 Å². The average Bonchev–Trinajstić information content (AvgIpc) is 2.90. The molecule has 2 N–H and O–H groups in total. The van der Waals surface area contributed by atoms with Crippen molar-refractivity contribution < 1.29 is 9.84 Å². The summed E-state index contributed by atoms with van der Waals surface area (Å²) in [4.78, 5) is 2.57. The third-order valence-electron chi connectivity index (χ3n) is 5.28. The molecule has 2 bridgehead atoms. The number of benzene rings is 1. The number of H-pyrrole nitrogens is 1. The van der Waals surface area contributed by atoms with Gasteiger partial charge in [-0.25, -0.2) is 0 Å². The molecule has 22 heavy (non-hydrogen) atoms. The van der Waals surface area contributed by atoms with Crippen molar-refractivity contribution in [3.8, 4) is 5.75 Å². The molecule has 2 aliphatic rings. The lowest BCUT2D eigenvalue weighted by Crippen LogP contribution is -2.52. The monoisotopic (exact) mass is 301 g/mol. The van der Waals surface area contributed by atoms with Crippen LogP contribution in [-0.4, -0.2) is 45.5 Å². The summed E-state index contributed by atoms with van der Waals surface area (Å²) in [5.41, 5.74) is 2.14. The lowest BCUT2D eigenvalue weighted by Gasteiger charge is -2.47. The van der Waals surface area contributed by atoms with Crippen LogP contribution in [0.1, 0.15) is 37.8 Å². The first-order chi connectivity index (χ1) is 10.7. The third-order valence-corrected chi connectivity index (χ3v) is 5.28. The van der Waals surface area contributed by atoms with Crippen LogP contribution in [0.3, 0.4) is 0 Å². The second kappa shape index (κ2) is 5.56. The molecule has 5 heteroatoms. The Labute approximate surface area is 130 Å². The van der Waals surface area contributed by atoms with Gasteiger partial charge >= 0.3 is 0 Å². The van der Waals surface area contributed by atoms with E-state index in [1.54, 1.807) is 7.11 Å². The number of piperidine rings is 2. The highest BCUT2D eigenvalue weighted by atomic mass is 16.5. The Bertz CT molecular complexity index is 655. The second-order valence-electron chi connectivity index (χ2n) is 6.62. The first-order valence-electron chi connectivity index (χ1n) is 8.19. The van der Waals surface area contributed by atoms with Crippen LogP contribution in [-0.2, 0) is 6.54 Å². The van der Waals surface area contributed by atoms with E-state index >= 15 is 0 Å². The Morgan fingerprint density at radius 2 is 2.09 bits per heavy atom. The van der Waals surface area contributed by atoms with Gasteiger partial charge in [-0.05, 0) is 43.9 Å². The molecule has 118 valence electrons.